The SMILES string of the molecule is O=c1ccn(CCCCCCOc2ccc(C3=c4ccc([nH]4)=C(c4ccccc4)C4=NC(=C(c5ccccc5)C5=CC=C([NH2+]5)C(c5ccccc5)=C5C=CC3=N5)C=C4)cc2)cc1. The van der Waals surface area contributed by atoms with Gasteiger partial charge >= 0.3 is 0 Å². The summed E-state index contributed by atoms with van der Waals surface area (Å²) >= 11 is 0. The normalized spacial score (nSPS) is 15.5. The van der Waals surface area contributed by atoms with Crippen molar-refractivity contribution in [1.29, 1.82) is 0 Å². The molecule has 0 amide bonds. The molecule has 7 nitrogen and oxygen atoms in total. The Morgan fingerprint density at radius 3 is 1.52 bits per heavy atom. The van der Waals surface area contributed by atoms with Gasteiger partial charge < -0.3 is 14.3 Å². The van der Waals surface area contributed by atoms with Gasteiger partial charge in [-0.3, -0.25) is 10.1 Å². The molecule has 6 aromatic rings. The zero-order valence-corrected chi connectivity index (χ0v) is 34.4. The molecule has 10 rings (SSSR count). The highest BCUT2D eigenvalue weighted by atomic mass is 16.5. The molecule has 3 N–H and O–H groups in total. The van der Waals surface area contributed by atoms with Crippen LogP contribution in [-0.2, 0) is 6.54 Å². The molecule has 0 spiro atoms. The highest BCUT2D eigenvalue weighted by Crippen LogP contribution is 2.35. The van der Waals surface area contributed by atoms with E-state index in [9.17, 15) is 4.79 Å². The fourth-order valence-electron chi connectivity index (χ4n) is 8.59. The van der Waals surface area contributed by atoms with E-state index in [1.165, 1.54) is 0 Å². The summed E-state index contributed by atoms with van der Waals surface area (Å²) in [7, 11) is 0. The zero-order valence-electron chi connectivity index (χ0n) is 34.4. The topological polar surface area (TPSA) is 88.3 Å². The minimum absolute atomic E-state index is 0.0449. The molecule has 302 valence electrons. The maximum Gasteiger partial charge on any atom is 0.181 e. The number of nitrogens with two attached hydrogens (primary N) is 1. The number of ether oxygens (including phenoxy) is 1. The first-order valence-corrected chi connectivity index (χ1v) is 21.4. The third-order valence-corrected chi connectivity index (χ3v) is 11.6. The largest absolute Gasteiger partial charge is 0.494 e. The predicted octanol–water partition coefficient (Wildman–Crippen LogP) is 8.42. The molecular formula is C55H46N5O2+. The number of benzene rings is 4. The van der Waals surface area contributed by atoms with Crippen LogP contribution in [0.25, 0.3) is 22.3 Å². The number of quaternary nitrogens is 1. The van der Waals surface area contributed by atoms with Gasteiger partial charge in [-0.25, -0.2) is 9.98 Å². The van der Waals surface area contributed by atoms with Crippen molar-refractivity contribution in [2.24, 2.45) is 9.98 Å². The lowest BCUT2D eigenvalue weighted by atomic mass is 9.99. The lowest BCUT2D eigenvalue weighted by molar-refractivity contribution is -0.537. The number of nitrogens with zero attached hydrogens (tertiary/aromatic N) is 3. The smallest absolute Gasteiger partial charge is 0.181 e. The van der Waals surface area contributed by atoms with Crippen molar-refractivity contribution in [3.8, 4) is 5.75 Å². The number of aliphatic imine (C=N–C) groups is 2. The Kier molecular flexibility index (Phi) is 10.9. The molecule has 0 saturated carbocycles. The second-order valence-corrected chi connectivity index (χ2v) is 15.8. The van der Waals surface area contributed by atoms with Crippen molar-refractivity contribution in [2.75, 3.05) is 6.61 Å². The lowest BCUT2D eigenvalue weighted by Crippen LogP contribution is -2.78. The first kappa shape index (κ1) is 38.6. The van der Waals surface area contributed by atoms with Gasteiger partial charge in [0.2, 0.25) is 0 Å². The van der Waals surface area contributed by atoms with E-state index in [0.29, 0.717) is 6.61 Å². The van der Waals surface area contributed by atoms with Crippen molar-refractivity contribution < 1.29 is 10.1 Å². The third kappa shape index (κ3) is 8.14. The minimum atomic E-state index is 0.0449. The number of fused-ring (bicyclic) bond motifs is 6. The van der Waals surface area contributed by atoms with Crippen LogP contribution in [0, 0.1) is 0 Å². The first-order chi connectivity index (χ1) is 30.6. The van der Waals surface area contributed by atoms with Crippen LogP contribution in [-0.4, -0.2) is 27.6 Å². The molecule has 0 unspecified atom stereocenters. The summed E-state index contributed by atoms with van der Waals surface area (Å²) in [6, 6.07) is 47.6. The Bertz CT molecular complexity index is 3080. The molecule has 2 aromatic heterocycles. The Labute approximate surface area is 360 Å². The molecule has 0 radical (unpaired) electrons. The van der Waals surface area contributed by atoms with Gasteiger partial charge in [0.05, 0.1) is 40.6 Å². The average molecular weight is 809 g/mol. The fraction of sp³-hybridized carbons (Fsp3) is 0.109. The molecule has 4 aromatic carbocycles. The number of hydrogen-bond acceptors (Lipinski definition) is 4. The zero-order chi connectivity index (χ0) is 41.7. The number of hydrogen-bond donors (Lipinski definition) is 2. The van der Waals surface area contributed by atoms with Gasteiger partial charge in [-0.2, -0.15) is 0 Å². The summed E-state index contributed by atoms with van der Waals surface area (Å²) in [5, 5.41) is 4.22. The van der Waals surface area contributed by atoms with E-state index in [0.717, 1.165) is 127 Å². The van der Waals surface area contributed by atoms with Crippen molar-refractivity contribution in [2.45, 2.75) is 32.2 Å². The van der Waals surface area contributed by atoms with Crippen LogP contribution < -0.4 is 26.2 Å². The van der Waals surface area contributed by atoms with Gasteiger partial charge in [-0.1, -0.05) is 116 Å². The van der Waals surface area contributed by atoms with Crippen molar-refractivity contribution in [3.63, 3.8) is 0 Å². The number of unbranched alkanes of at least 4 members (excludes halogenated alkanes) is 3. The lowest BCUT2D eigenvalue weighted by Gasteiger charge is -2.14. The van der Waals surface area contributed by atoms with Crippen LogP contribution >= 0.6 is 0 Å². The summed E-state index contributed by atoms with van der Waals surface area (Å²) in [5.74, 6) is 0.843. The van der Waals surface area contributed by atoms with Gasteiger partial charge in [-0.15, -0.1) is 0 Å². The van der Waals surface area contributed by atoms with E-state index in [4.69, 9.17) is 14.7 Å². The molecule has 0 saturated heterocycles. The molecule has 4 aliphatic rings. The monoisotopic (exact) mass is 808 g/mol. The van der Waals surface area contributed by atoms with E-state index in [2.05, 4.69) is 179 Å². The summed E-state index contributed by atoms with van der Waals surface area (Å²) in [5.41, 5.74) is 14.4. The summed E-state index contributed by atoms with van der Waals surface area (Å²) in [6.45, 7) is 1.57. The summed E-state index contributed by atoms with van der Waals surface area (Å²) < 4.78 is 8.31. The fourth-order valence-corrected chi connectivity index (χ4v) is 8.59. The number of allylic oxidation sites excluding steroid dienone is 8. The molecule has 0 aliphatic carbocycles. The summed E-state index contributed by atoms with van der Waals surface area (Å²) in [6.07, 6.45) is 21.0. The molecular weight excluding hydrogens is 763 g/mol. The van der Waals surface area contributed by atoms with Gasteiger partial charge in [0.15, 0.2) is 5.43 Å². The highest BCUT2D eigenvalue weighted by Gasteiger charge is 2.29. The van der Waals surface area contributed by atoms with Gasteiger partial charge in [-0.05, 0) is 83.7 Å². The molecule has 8 bridgehead atoms. The number of nitrogens with one attached hydrogen (secondary N) is 1. The number of aromatic nitrogens is 2. The molecule has 0 fully saturated rings. The highest BCUT2D eigenvalue weighted by molar-refractivity contribution is 6.31. The van der Waals surface area contributed by atoms with Gasteiger partial charge in [0.25, 0.3) is 0 Å². The van der Waals surface area contributed by atoms with Crippen LogP contribution in [0.15, 0.2) is 226 Å². The number of aryl methyl sites for hydroxylation is 1. The second kappa shape index (κ2) is 17.5. The van der Waals surface area contributed by atoms with Crippen LogP contribution in [0.5, 0.6) is 5.75 Å². The Balaban J connectivity index is 1.05. The van der Waals surface area contributed by atoms with E-state index >= 15 is 0 Å². The minimum Gasteiger partial charge on any atom is -0.494 e. The van der Waals surface area contributed by atoms with E-state index < -0.39 is 0 Å². The average Bonchev–Trinajstić information content (AvgIpc) is 4.17. The van der Waals surface area contributed by atoms with Gasteiger partial charge in [0, 0.05) is 65.1 Å². The van der Waals surface area contributed by atoms with Crippen LogP contribution in [0.4, 0.5) is 0 Å². The molecule has 62 heavy (non-hydrogen) atoms. The van der Waals surface area contributed by atoms with Crippen molar-refractivity contribution in [1.82, 2.24) is 9.55 Å². The standard InChI is InChI=1S/C55H45N5O2/c61-42-32-35-60(36-33-42)34-12-1-2-13-37-62-43-22-20-41(21-23-43)55-50-30-28-48(58-50)53(39-16-8-4-9-17-39)46-26-24-44(56-46)52(38-14-6-3-7-15-38)45-25-27-47(57-45)54(40-18-10-5-11-19-40)49-29-31-51(55)59-49/h3-11,14-33,35-36,56,59H,1-2,12-13,34,37H2/p+1. The first-order valence-electron chi connectivity index (χ1n) is 21.4. The third-order valence-electron chi connectivity index (χ3n) is 11.6. The molecule has 6 heterocycles. The van der Waals surface area contributed by atoms with Crippen LogP contribution in [0.3, 0.4) is 0 Å². The van der Waals surface area contributed by atoms with Crippen LogP contribution in [0.2, 0.25) is 0 Å². The number of rotatable bonds is 12. The van der Waals surface area contributed by atoms with E-state index in [1.54, 1.807) is 12.1 Å². The second-order valence-electron chi connectivity index (χ2n) is 15.8. The Morgan fingerprint density at radius 2 is 0.984 bits per heavy atom. The quantitative estimate of drug-likeness (QED) is 0.122. The Hall–Kier alpha value is -7.61. The Morgan fingerprint density at radius 1 is 0.500 bits per heavy atom. The van der Waals surface area contributed by atoms with Crippen LogP contribution in [0.1, 0.15) is 47.9 Å². The number of H-pyrrole nitrogens is 1. The number of pyridine rings is 1. The van der Waals surface area contributed by atoms with Gasteiger partial charge in [0.1, 0.15) is 17.1 Å². The maximum absolute atomic E-state index is 11.4. The molecule has 0 atom stereocenters. The van der Waals surface area contributed by atoms with Crippen molar-refractivity contribution >= 4 is 33.7 Å². The maximum atomic E-state index is 11.4. The molecule has 7 heteroatoms. The molecule has 4 aliphatic heterocycles. The predicted molar refractivity (Wildman–Crippen MR) is 251 cm³/mol. The number of aromatic amines is 1. The van der Waals surface area contributed by atoms with E-state index in [-0.39, 0.29) is 5.43 Å². The summed E-state index contributed by atoms with van der Waals surface area (Å²) in [4.78, 5) is 26.1. The van der Waals surface area contributed by atoms with E-state index in [1.807, 2.05) is 12.4 Å². The van der Waals surface area contributed by atoms with Crippen molar-refractivity contribution in [3.05, 3.63) is 254 Å².